The van der Waals surface area contributed by atoms with Gasteiger partial charge in [-0.1, -0.05) is 0 Å². The minimum absolute atomic E-state index is 0.683. The van der Waals surface area contributed by atoms with Crippen LogP contribution in [0.2, 0.25) is 0 Å². The molecule has 65 valence electrons. The highest BCUT2D eigenvalue weighted by atomic mass is 79.9. The average Bonchev–Trinajstić information content (AvgIpc) is 2.03. The Morgan fingerprint density at radius 2 is 2.00 bits per heavy atom. The first-order chi connectivity index (χ1) is 5.69. The zero-order valence-electron chi connectivity index (χ0n) is 7.27. The molecule has 1 aromatic carbocycles. The minimum Gasteiger partial charge on any atom is -0.493 e. The zero-order valence-corrected chi connectivity index (χ0v) is 8.86. The number of ether oxygens (including phenoxy) is 2. The molecular formula is C9H10BrO2. The molecule has 0 fully saturated rings. The van der Waals surface area contributed by atoms with Crippen LogP contribution in [0.25, 0.3) is 0 Å². The van der Waals surface area contributed by atoms with Gasteiger partial charge in [-0.15, -0.1) is 0 Å². The normalized spacial score (nSPS) is 9.67. The summed E-state index contributed by atoms with van der Waals surface area (Å²) in [4.78, 5) is 0. The van der Waals surface area contributed by atoms with Gasteiger partial charge in [0.1, 0.15) is 0 Å². The fourth-order valence-electron chi connectivity index (χ4n) is 0.978. The molecule has 0 aliphatic carbocycles. The van der Waals surface area contributed by atoms with Crippen molar-refractivity contribution in [1.82, 2.24) is 0 Å². The summed E-state index contributed by atoms with van der Waals surface area (Å²) >= 11 is 3.34. The van der Waals surface area contributed by atoms with Gasteiger partial charge in [0.05, 0.1) is 18.7 Å². The molecule has 0 unspecified atom stereocenters. The smallest absolute Gasteiger partial charge is 0.175 e. The molecule has 0 saturated carbocycles. The van der Waals surface area contributed by atoms with E-state index in [1.807, 2.05) is 13.0 Å². The second-order valence-electron chi connectivity index (χ2n) is 2.37. The Morgan fingerprint density at radius 1 is 1.33 bits per heavy atom. The van der Waals surface area contributed by atoms with Crippen LogP contribution in [-0.2, 0) is 0 Å². The lowest BCUT2D eigenvalue weighted by Crippen LogP contribution is -1.92. The monoisotopic (exact) mass is 229 g/mol. The number of benzene rings is 1. The first-order valence-electron chi connectivity index (χ1n) is 3.49. The SMILES string of the molecule is COc1cc(C)[c]c(Br)c1OC. The number of rotatable bonds is 2. The minimum atomic E-state index is 0.683. The summed E-state index contributed by atoms with van der Waals surface area (Å²) in [7, 11) is 3.22. The second-order valence-corrected chi connectivity index (χ2v) is 3.16. The van der Waals surface area contributed by atoms with Crippen molar-refractivity contribution in [2.75, 3.05) is 14.2 Å². The van der Waals surface area contributed by atoms with Gasteiger partial charge in [0.2, 0.25) is 0 Å². The van der Waals surface area contributed by atoms with E-state index in [0.717, 1.165) is 15.8 Å². The Morgan fingerprint density at radius 3 is 2.50 bits per heavy atom. The van der Waals surface area contributed by atoms with Crippen LogP contribution < -0.4 is 9.47 Å². The molecule has 1 aromatic rings. The molecule has 0 heterocycles. The van der Waals surface area contributed by atoms with Crippen LogP contribution in [0.5, 0.6) is 11.5 Å². The summed E-state index contributed by atoms with van der Waals surface area (Å²) in [6, 6.07) is 4.95. The fraction of sp³-hybridized carbons (Fsp3) is 0.333. The van der Waals surface area contributed by atoms with E-state index in [4.69, 9.17) is 9.47 Å². The molecule has 3 heteroatoms. The van der Waals surface area contributed by atoms with Gasteiger partial charge >= 0.3 is 0 Å². The zero-order chi connectivity index (χ0) is 9.14. The predicted molar refractivity (Wildman–Crippen MR) is 50.8 cm³/mol. The lowest BCUT2D eigenvalue weighted by molar-refractivity contribution is 0.352. The highest BCUT2D eigenvalue weighted by molar-refractivity contribution is 9.10. The molecule has 0 atom stereocenters. The molecular weight excluding hydrogens is 220 g/mol. The van der Waals surface area contributed by atoms with Gasteiger partial charge in [-0.25, -0.2) is 0 Å². The van der Waals surface area contributed by atoms with Crippen molar-refractivity contribution in [3.05, 3.63) is 22.2 Å². The summed E-state index contributed by atoms with van der Waals surface area (Å²) < 4.78 is 11.0. The largest absolute Gasteiger partial charge is 0.493 e. The Kier molecular flexibility index (Phi) is 2.98. The van der Waals surface area contributed by atoms with E-state index in [1.54, 1.807) is 14.2 Å². The molecule has 2 nitrogen and oxygen atoms in total. The highest BCUT2D eigenvalue weighted by Gasteiger charge is 2.08. The highest BCUT2D eigenvalue weighted by Crippen LogP contribution is 2.35. The van der Waals surface area contributed by atoms with Gasteiger partial charge < -0.3 is 9.47 Å². The third-order valence-electron chi connectivity index (χ3n) is 1.50. The maximum Gasteiger partial charge on any atom is 0.175 e. The number of hydrogen-bond acceptors (Lipinski definition) is 2. The van der Waals surface area contributed by atoms with E-state index < -0.39 is 0 Å². The Labute approximate surface area is 80.6 Å². The molecule has 0 bridgehead atoms. The number of aryl methyl sites for hydroxylation is 1. The molecule has 0 aliphatic rings. The first kappa shape index (κ1) is 9.39. The van der Waals surface area contributed by atoms with Crippen molar-refractivity contribution in [1.29, 1.82) is 0 Å². The van der Waals surface area contributed by atoms with Crippen molar-refractivity contribution >= 4 is 15.9 Å². The van der Waals surface area contributed by atoms with Crippen molar-refractivity contribution in [2.45, 2.75) is 6.92 Å². The molecule has 0 N–H and O–H groups in total. The summed E-state index contributed by atoms with van der Waals surface area (Å²) in [6.45, 7) is 1.95. The van der Waals surface area contributed by atoms with Crippen molar-refractivity contribution < 1.29 is 9.47 Å². The Balaban J connectivity index is 3.24. The van der Waals surface area contributed by atoms with Crippen LogP contribution in [0.1, 0.15) is 5.56 Å². The van der Waals surface area contributed by atoms with Crippen LogP contribution in [-0.4, -0.2) is 14.2 Å². The van der Waals surface area contributed by atoms with Gasteiger partial charge in [-0.05, 0) is 34.5 Å². The molecule has 0 spiro atoms. The summed E-state index contributed by atoms with van der Waals surface area (Å²) in [6.07, 6.45) is 0. The molecule has 0 aromatic heterocycles. The maximum atomic E-state index is 5.12. The van der Waals surface area contributed by atoms with Crippen molar-refractivity contribution in [3.63, 3.8) is 0 Å². The van der Waals surface area contributed by atoms with E-state index in [-0.39, 0.29) is 0 Å². The van der Waals surface area contributed by atoms with E-state index in [0.29, 0.717) is 5.75 Å². The first-order valence-corrected chi connectivity index (χ1v) is 4.28. The number of methoxy groups -OCH3 is 2. The van der Waals surface area contributed by atoms with E-state index in [9.17, 15) is 0 Å². The van der Waals surface area contributed by atoms with E-state index in [1.165, 1.54) is 0 Å². The third-order valence-corrected chi connectivity index (χ3v) is 2.06. The predicted octanol–water partition coefficient (Wildman–Crippen LogP) is 2.57. The van der Waals surface area contributed by atoms with Crippen LogP contribution in [0.3, 0.4) is 0 Å². The topological polar surface area (TPSA) is 18.5 Å². The Bertz CT molecular complexity index is 284. The standard InChI is InChI=1S/C9H10BrO2/c1-6-4-7(10)9(12-3)8(5-6)11-2/h5H,1-3H3. The third kappa shape index (κ3) is 1.72. The Hall–Kier alpha value is -0.700. The van der Waals surface area contributed by atoms with Crippen LogP contribution >= 0.6 is 15.9 Å². The fourth-order valence-corrected chi connectivity index (χ4v) is 1.65. The van der Waals surface area contributed by atoms with Crippen LogP contribution in [0.15, 0.2) is 10.5 Å². The quantitative estimate of drug-likeness (QED) is 0.777. The molecule has 0 saturated heterocycles. The molecule has 12 heavy (non-hydrogen) atoms. The lowest BCUT2D eigenvalue weighted by atomic mass is 10.2. The summed E-state index contributed by atoms with van der Waals surface area (Å²) in [5, 5.41) is 0. The number of halogens is 1. The van der Waals surface area contributed by atoms with E-state index in [2.05, 4.69) is 22.0 Å². The van der Waals surface area contributed by atoms with Gasteiger partial charge in [0.15, 0.2) is 11.5 Å². The van der Waals surface area contributed by atoms with Gasteiger partial charge in [0.25, 0.3) is 0 Å². The molecule has 0 aliphatic heterocycles. The molecule has 1 rings (SSSR count). The van der Waals surface area contributed by atoms with Crippen LogP contribution in [0.4, 0.5) is 0 Å². The second kappa shape index (κ2) is 3.81. The number of hydrogen-bond donors (Lipinski definition) is 0. The maximum absolute atomic E-state index is 5.12. The van der Waals surface area contributed by atoms with Gasteiger partial charge in [-0.2, -0.15) is 0 Å². The van der Waals surface area contributed by atoms with E-state index >= 15 is 0 Å². The molecule has 0 amide bonds. The lowest BCUT2D eigenvalue weighted by Gasteiger charge is -2.09. The van der Waals surface area contributed by atoms with Crippen molar-refractivity contribution in [2.24, 2.45) is 0 Å². The van der Waals surface area contributed by atoms with Gasteiger partial charge in [0, 0.05) is 6.07 Å². The molecule has 1 radical (unpaired) electrons. The summed E-state index contributed by atoms with van der Waals surface area (Å²) in [5.41, 5.74) is 1.01. The average molecular weight is 230 g/mol. The summed E-state index contributed by atoms with van der Waals surface area (Å²) in [5.74, 6) is 1.41. The van der Waals surface area contributed by atoms with Crippen LogP contribution in [0, 0.1) is 13.0 Å². The van der Waals surface area contributed by atoms with Crippen molar-refractivity contribution in [3.8, 4) is 11.5 Å². The van der Waals surface area contributed by atoms with Gasteiger partial charge in [-0.3, -0.25) is 0 Å².